The second-order valence-electron chi connectivity index (χ2n) is 18.3. The van der Waals surface area contributed by atoms with Crippen LogP contribution in [0.3, 0.4) is 0 Å². The second-order valence-corrected chi connectivity index (χ2v) is 19.3. The van der Waals surface area contributed by atoms with Crippen LogP contribution in [-0.4, -0.2) is 24.1 Å². The molecular weight excluding hydrogens is 875 g/mol. The largest absolute Gasteiger partial charge is 0.453 e. The molecule has 0 saturated heterocycles. The first-order valence-electron chi connectivity index (χ1n) is 23.6. The molecule has 0 aliphatic rings. The Labute approximate surface area is 402 Å². The fraction of sp³-hybridized carbons (Fsp3) is 0. The van der Waals surface area contributed by atoms with E-state index in [1.807, 2.05) is 0 Å². The third-order valence-electron chi connectivity index (χ3n) is 14.5. The Morgan fingerprint density at radius 2 is 0.929 bits per heavy atom. The van der Waals surface area contributed by atoms with Crippen molar-refractivity contribution in [2.45, 2.75) is 0 Å². The summed E-state index contributed by atoms with van der Waals surface area (Å²) in [5.74, 6) is 1.71. The van der Waals surface area contributed by atoms with E-state index in [4.69, 9.17) is 19.4 Å². The van der Waals surface area contributed by atoms with E-state index < -0.39 is 0 Å². The standard InChI is InChI=1S/C63H35N5OS/c1-2-17-39-35-53-49(34-38(39)16-1)44-30-28-36-14-3-5-18-40(36)58(44)67(53)52-33-32-48(57-46-31-29-37-15-4-6-19-41(37)59(46)69-60(52)57)62-64-61(47-23-13-27-55-56(47)45-22-9-12-26-54(45)70-55)65-63(66-62)68-50-24-10-7-20-42(50)43-21-8-11-25-51(43)68/h1-35H. The van der Waals surface area contributed by atoms with E-state index in [9.17, 15) is 0 Å². The maximum atomic E-state index is 7.41. The van der Waals surface area contributed by atoms with Gasteiger partial charge in [-0.1, -0.05) is 158 Å². The molecule has 0 bridgehead atoms. The number of hydrogen-bond donors (Lipinski definition) is 0. The van der Waals surface area contributed by atoms with Gasteiger partial charge in [0.1, 0.15) is 5.58 Å². The number of para-hydroxylation sites is 2. The first kappa shape index (κ1) is 37.9. The maximum absolute atomic E-state index is 7.41. The second kappa shape index (κ2) is 14.2. The lowest BCUT2D eigenvalue weighted by atomic mass is 10.0. The summed E-state index contributed by atoms with van der Waals surface area (Å²) < 4.78 is 14.5. The van der Waals surface area contributed by atoms with Gasteiger partial charge >= 0.3 is 0 Å². The molecule has 5 heterocycles. The third-order valence-corrected chi connectivity index (χ3v) is 15.7. The fourth-order valence-electron chi connectivity index (χ4n) is 11.5. The van der Waals surface area contributed by atoms with Gasteiger partial charge in [-0.05, 0) is 76.1 Å². The van der Waals surface area contributed by atoms with Gasteiger partial charge in [0.25, 0.3) is 0 Å². The summed E-state index contributed by atoms with van der Waals surface area (Å²) in [6.45, 7) is 0. The fourth-order valence-corrected chi connectivity index (χ4v) is 12.6. The Morgan fingerprint density at radius 1 is 0.343 bits per heavy atom. The molecule has 0 N–H and O–H groups in total. The highest BCUT2D eigenvalue weighted by Gasteiger charge is 2.26. The molecule has 70 heavy (non-hydrogen) atoms. The highest BCUT2D eigenvalue weighted by molar-refractivity contribution is 7.25. The quantitative estimate of drug-likeness (QED) is 0.176. The van der Waals surface area contributed by atoms with Crippen molar-refractivity contribution in [3.8, 4) is 34.4 Å². The molecule has 0 aliphatic carbocycles. The Balaban J connectivity index is 1.06. The Kier molecular flexibility index (Phi) is 7.67. The van der Waals surface area contributed by atoms with Crippen LogP contribution in [0.2, 0.25) is 0 Å². The Bertz CT molecular complexity index is 4860. The van der Waals surface area contributed by atoms with Crippen LogP contribution in [0.1, 0.15) is 0 Å². The lowest BCUT2D eigenvalue weighted by Crippen LogP contribution is -2.07. The monoisotopic (exact) mass is 909 g/mol. The van der Waals surface area contributed by atoms with E-state index >= 15 is 0 Å². The maximum Gasteiger partial charge on any atom is 0.238 e. The number of rotatable bonds is 4. The molecule has 0 radical (unpaired) electrons. The average Bonchev–Trinajstić information content (AvgIpc) is 4.18. The van der Waals surface area contributed by atoms with Gasteiger partial charge in [-0.2, -0.15) is 9.97 Å². The van der Waals surface area contributed by atoms with Crippen LogP contribution in [0.15, 0.2) is 217 Å². The van der Waals surface area contributed by atoms with Gasteiger partial charge in [-0.3, -0.25) is 4.57 Å². The molecule has 11 aromatic carbocycles. The van der Waals surface area contributed by atoms with Crippen LogP contribution >= 0.6 is 11.3 Å². The normalized spacial score (nSPS) is 12.3. The van der Waals surface area contributed by atoms with Crippen LogP contribution in [0, 0.1) is 0 Å². The summed E-state index contributed by atoms with van der Waals surface area (Å²) in [7, 11) is 0. The molecule has 0 unspecified atom stereocenters. The van der Waals surface area contributed by atoms with Gasteiger partial charge in [0.05, 0.1) is 27.8 Å². The summed E-state index contributed by atoms with van der Waals surface area (Å²) in [5.41, 5.74) is 8.64. The van der Waals surface area contributed by atoms with Crippen molar-refractivity contribution < 1.29 is 4.42 Å². The summed E-state index contributed by atoms with van der Waals surface area (Å²) >= 11 is 1.79. The summed E-state index contributed by atoms with van der Waals surface area (Å²) in [6.07, 6.45) is 0. The van der Waals surface area contributed by atoms with E-state index in [2.05, 4.69) is 221 Å². The number of aromatic nitrogens is 5. The van der Waals surface area contributed by atoms with Gasteiger partial charge in [0.2, 0.25) is 5.95 Å². The van der Waals surface area contributed by atoms with Gasteiger partial charge in [0.15, 0.2) is 17.2 Å². The number of nitrogens with zero attached hydrogens (tertiary/aromatic N) is 5. The Hall–Kier alpha value is -9.17. The van der Waals surface area contributed by atoms with Crippen molar-refractivity contribution in [1.29, 1.82) is 0 Å². The van der Waals surface area contributed by atoms with Crippen molar-refractivity contribution in [3.05, 3.63) is 212 Å². The van der Waals surface area contributed by atoms with Crippen LogP contribution < -0.4 is 0 Å². The molecule has 0 fully saturated rings. The molecule has 6 nitrogen and oxygen atoms in total. The molecule has 7 heteroatoms. The molecule has 16 rings (SSSR count). The zero-order chi connectivity index (χ0) is 45.6. The zero-order valence-electron chi connectivity index (χ0n) is 37.3. The molecule has 0 saturated carbocycles. The van der Waals surface area contributed by atoms with E-state index in [1.165, 1.54) is 47.1 Å². The third kappa shape index (κ3) is 5.24. The van der Waals surface area contributed by atoms with Crippen molar-refractivity contribution in [2.75, 3.05) is 0 Å². The average molecular weight is 910 g/mol. The molecule has 0 atom stereocenters. The number of benzene rings is 11. The van der Waals surface area contributed by atoms with Gasteiger partial charge in [0, 0.05) is 74.4 Å². The van der Waals surface area contributed by atoms with Crippen molar-refractivity contribution in [2.24, 2.45) is 0 Å². The van der Waals surface area contributed by atoms with E-state index in [-0.39, 0.29) is 0 Å². The van der Waals surface area contributed by atoms with Gasteiger partial charge in [-0.25, -0.2) is 4.98 Å². The highest BCUT2D eigenvalue weighted by atomic mass is 32.1. The predicted octanol–water partition coefficient (Wildman–Crippen LogP) is 17.1. The van der Waals surface area contributed by atoms with Crippen LogP contribution in [0.5, 0.6) is 0 Å². The topological polar surface area (TPSA) is 61.7 Å². The Morgan fingerprint density at radius 3 is 1.69 bits per heavy atom. The lowest BCUT2D eigenvalue weighted by molar-refractivity contribution is 0.670. The minimum absolute atomic E-state index is 0.546. The lowest BCUT2D eigenvalue weighted by Gasteiger charge is -2.14. The van der Waals surface area contributed by atoms with Gasteiger partial charge in [-0.15, -0.1) is 11.3 Å². The van der Waals surface area contributed by atoms with E-state index in [1.54, 1.807) is 11.3 Å². The molecular formula is C63H35N5OS. The summed E-state index contributed by atoms with van der Waals surface area (Å²) in [5, 5.41) is 15.8. The molecule has 0 amide bonds. The molecule has 324 valence electrons. The van der Waals surface area contributed by atoms with Crippen LogP contribution in [-0.2, 0) is 0 Å². The first-order valence-corrected chi connectivity index (χ1v) is 24.4. The first-order chi connectivity index (χ1) is 34.7. The van der Waals surface area contributed by atoms with Gasteiger partial charge < -0.3 is 8.98 Å². The van der Waals surface area contributed by atoms with Crippen LogP contribution in [0.25, 0.3) is 152 Å². The van der Waals surface area contributed by atoms with E-state index in [0.29, 0.717) is 17.6 Å². The van der Waals surface area contributed by atoms with Crippen molar-refractivity contribution in [3.63, 3.8) is 0 Å². The smallest absolute Gasteiger partial charge is 0.238 e. The highest BCUT2D eigenvalue weighted by Crippen LogP contribution is 2.46. The predicted molar refractivity (Wildman–Crippen MR) is 292 cm³/mol. The summed E-state index contributed by atoms with van der Waals surface area (Å²) in [4.78, 5) is 16.6. The molecule has 0 spiro atoms. The minimum atomic E-state index is 0.546. The number of furan rings is 1. The van der Waals surface area contributed by atoms with Crippen LogP contribution in [0.4, 0.5) is 0 Å². The van der Waals surface area contributed by atoms with Crippen molar-refractivity contribution in [1.82, 2.24) is 24.1 Å². The SMILES string of the molecule is c1ccc2cc3c(cc2c1)c1ccc2ccccc2c1n3-c1ccc(-c2nc(-c3cccc4sc5ccccc5c34)nc(-n3c4ccccc4c4ccccc43)n2)c2c1oc1c3ccccc3ccc12. The minimum Gasteiger partial charge on any atom is -0.453 e. The number of hydrogen-bond acceptors (Lipinski definition) is 5. The molecule has 5 aromatic heterocycles. The zero-order valence-corrected chi connectivity index (χ0v) is 38.1. The number of fused-ring (bicyclic) bond motifs is 17. The summed E-state index contributed by atoms with van der Waals surface area (Å²) in [6, 6.07) is 76.0. The van der Waals surface area contributed by atoms with Crippen molar-refractivity contribution >= 4 is 129 Å². The number of thiophene rings is 1. The van der Waals surface area contributed by atoms with E-state index in [0.717, 1.165) is 87.8 Å². The molecule has 0 aliphatic heterocycles. The molecule has 16 aromatic rings.